The van der Waals surface area contributed by atoms with E-state index >= 15 is 0 Å². The smallest absolute Gasteiger partial charge is 0.305 e. The summed E-state index contributed by atoms with van der Waals surface area (Å²) in [6.07, 6.45) is 2.17. The van der Waals surface area contributed by atoms with Gasteiger partial charge in [0.25, 0.3) is 0 Å². The van der Waals surface area contributed by atoms with Gasteiger partial charge in [0, 0.05) is 12.8 Å². The fourth-order valence-corrected chi connectivity index (χ4v) is 2.00. The van der Waals surface area contributed by atoms with Gasteiger partial charge >= 0.3 is 5.97 Å². The maximum atomic E-state index is 10.9. The van der Waals surface area contributed by atoms with Gasteiger partial charge in [0.1, 0.15) is 5.60 Å². The van der Waals surface area contributed by atoms with E-state index in [4.69, 9.17) is 9.47 Å². The van der Waals surface area contributed by atoms with Crippen molar-refractivity contribution in [1.82, 2.24) is 0 Å². The Hall–Kier alpha value is -0.570. The van der Waals surface area contributed by atoms with Crippen molar-refractivity contribution in [3.05, 3.63) is 0 Å². The molecule has 0 radical (unpaired) electrons. The number of ether oxygens (including phenoxy) is 2. The van der Waals surface area contributed by atoms with Crippen molar-refractivity contribution >= 4 is 5.97 Å². The van der Waals surface area contributed by atoms with Crippen LogP contribution in [0.15, 0.2) is 0 Å². The number of rotatable bonds is 0. The van der Waals surface area contributed by atoms with Gasteiger partial charge in [-0.3, -0.25) is 4.79 Å². The van der Waals surface area contributed by atoms with Crippen molar-refractivity contribution in [2.75, 3.05) is 6.61 Å². The SMILES string of the molecule is CC1(C)OC12CCOC(=O)CC2. The Balaban J connectivity index is 2.06. The zero-order valence-corrected chi connectivity index (χ0v) is 7.55. The van der Waals surface area contributed by atoms with Crippen LogP contribution in [-0.2, 0) is 14.3 Å². The van der Waals surface area contributed by atoms with Crippen molar-refractivity contribution in [3.63, 3.8) is 0 Å². The van der Waals surface area contributed by atoms with Crippen LogP contribution in [-0.4, -0.2) is 23.8 Å². The van der Waals surface area contributed by atoms with E-state index in [0.29, 0.717) is 13.0 Å². The fourth-order valence-electron chi connectivity index (χ4n) is 2.00. The van der Waals surface area contributed by atoms with Crippen molar-refractivity contribution < 1.29 is 14.3 Å². The summed E-state index contributed by atoms with van der Waals surface area (Å²) < 4.78 is 10.6. The van der Waals surface area contributed by atoms with Gasteiger partial charge < -0.3 is 9.47 Å². The summed E-state index contributed by atoms with van der Waals surface area (Å²) in [4.78, 5) is 10.9. The Morgan fingerprint density at radius 2 is 2.00 bits per heavy atom. The molecule has 2 fully saturated rings. The van der Waals surface area contributed by atoms with Gasteiger partial charge in [-0.15, -0.1) is 0 Å². The van der Waals surface area contributed by atoms with E-state index in [9.17, 15) is 4.79 Å². The third-order valence-electron chi connectivity index (χ3n) is 3.01. The first-order valence-electron chi connectivity index (χ1n) is 4.42. The molecule has 2 aliphatic rings. The summed E-state index contributed by atoms with van der Waals surface area (Å²) >= 11 is 0. The highest BCUT2D eigenvalue weighted by atomic mass is 16.6. The van der Waals surface area contributed by atoms with Gasteiger partial charge in [0.2, 0.25) is 0 Å². The lowest BCUT2D eigenvalue weighted by molar-refractivity contribution is -0.142. The number of esters is 1. The molecule has 0 amide bonds. The minimum absolute atomic E-state index is 0.0407. The summed E-state index contributed by atoms with van der Waals surface area (Å²) in [7, 11) is 0. The molecule has 1 spiro atoms. The number of hydrogen-bond donors (Lipinski definition) is 0. The van der Waals surface area contributed by atoms with Crippen molar-refractivity contribution in [2.24, 2.45) is 0 Å². The number of hydrogen-bond acceptors (Lipinski definition) is 3. The first-order chi connectivity index (χ1) is 5.56. The molecule has 0 aliphatic carbocycles. The Labute approximate surface area is 72.0 Å². The summed E-state index contributed by atoms with van der Waals surface area (Å²) in [6, 6.07) is 0. The first kappa shape index (κ1) is 8.05. The van der Waals surface area contributed by atoms with Gasteiger partial charge in [-0.2, -0.15) is 0 Å². The molecule has 1 unspecified atom stereocenters. The molecular formula is C9H14O3. The van der Waals surface area contributed by atoms with Crippen LogP contribution in [0.3, 0.4) is 0 Å². The van der Waals surface area contributed by atoms with Crippen LogP contribution in [0.2, 0.25) is 0 Å². The molecule has 0 bridgehead atoms. The molecule has 3 heteroatoms. The third kappa shape index (κ3) is 1.04. The zero-order valence-electron chi connectivity index (χ0n) is 7.55. The molecule has 0 aromatic carbocycles. The highest BCUT2D eigenvalue weighted by molar-refractivity contribution is 5.69. The van der Waals surface area contributed by atoms with Gasteiger partial charge in [-0.1, -0.05) is 0 Å². The third-order valence-corrected chi connectivity index (χ3v) is 3.01. The van der Waals surface area contributed by atoms with E-state index in [0.717, 1.165) is 12.8 Å². The lowest BCUT2D eigenvalue weighted by Gasteiger charge is -2.08. The molecule has 0 N–H and O–H groups in total. The normalized spacial score (nSPS) is 39.0. The van der Waals surface area contributed by atoms with Crippen LogP contribution in [0.4, 0.5) is 0 Å². The lowest BCUT2D eigenvalue weighted by atomic mass is 9.89. The molecule has 2 aliphatic heterocycles. The zero-order chi connectivity index (χ0) is 8.82. The van der Waals surface area contributed by atoms with Crippen LogP contribution in [0.1, 0.15) is 33.1 Å². The minimum atomic E-state index is -0.0850. The summed E-state index contributed by atoms with van der Waals surface area (Å²) in [5, 5.41) is 0. The maximum Gasteiger partial charge on any atom is 0.305 e. The Bertz CT molecular complexity index is 222. The fraction of sp³-hybridized carbons (Fsp3) is 0.889. The van der Waals surface area contributed by atoms with Gasteiger partial charge in [-0.25, -0.2) is 0 Å². The molecule has 3 nitrogen and oxygen atoms in total. The molecule has 0 saturated carbocycles. The van der Waals surface area contributed by atoms with Crippen LogP contribution < -0.4 is 0 Å². The second-order valence-corrected chi connectivity index (χ2v) is 4.08. The average Bonchev–Trinajstić information content (AvgIpc) is 2.55. The maximum absolute atomic E-state index is 10.9. The van der Waals surface area contributed by atoms with Crippen molar-refractivity contribution in [2.45, 2.75) is 44.3 Å². The van der Waals surface area contributed by atoms with Crippen molar-refractivity contribution in [3.8, 4) is 0 Å². The first-order valence-corrected chi connectivity index (χ1v) is 4.42. The largest absolute Gasteiger partial charge is 0.466 e. The number of epoxide rings is 1. The number of carbonyl (C=O) groups is 1. The van der Waals surface area contributed by atoms with E-state index in [1.165, 1.54) is 0 Å². The van der Waals surface area contributed by atoms with Crippen molar-refractivity contribution in [1.29, 1.82) is 0 Å². The molecule has 1 atom stereocenters. The van der Waals surface area contributed by atoms with Crippen LogP contribution in [0.5, 0.6) is 0 Å². The minimum Gasteiger partial charge on any atom is -0.466 e. The lowest BCUT2D eigenvalue weighted by Crippen LogP contribution is -2.20. The highest BCUT2D eigenvalue weighted by Crippen LogP contribution is 2.53. The monoisotopic (exact) mass is 170 g/mol. The van der Waals surface area contributed by atoms with Crippen LogP contribution >= 0.6 is 0 Å². The van der Waals surface area contributed by atoms with Crippen LogP contribution in [0.25, 0.3) is 0 Å². The summed E-state index contributed by atoms with van der Waals surface area (Å²) in [5.41, 5.74) is -0.0971. The molecule has 68 valence electrons. The van der Waals surface area contributed by atoms with E-state index in [1.807, 2.05) is 0 Å². The van der Waals surface area contributed by atoms with Gasteiger partial charge in [0.05, 0.1) is 12.2 Å². The molecule has 2 rings (SSSR count). The molecule has 2 saturated heterocycles. The highest BCUT2D eigenvalue weighted by Gasteiger charge is 2.63. The second kappa shape index (κ2) is 2.22. The van der Waals surface area contributed by atoms with E-state index in [2.05, 4.69) is 13.8 Å². The Morgan fingerprint density at radius 3 is 2.58 bits per heavy atom. The molecule has 12 heavy (non-hydrogen) atoms. The van der Waals surface area contributed by atoms with E-state index < -0.39 is 0 Å². The topological polar surface area (TPSA) is 38.8 Å². The quantitative estimate of drug-likeness (QED) is 0.406. The van der Waals surface area contributed by atoms with Gasteiger partial charge in [0.15, 0.2) is 0 Å². The molecule has 0 aromatic heterocycles. The average molecular weight is 170 g/mol. The predicted molar refractivity (Wildman–Crippen MR) is 42.7 cm³/mol. The molecular weight excluding hydrogens is 156 g/mol. The van der Waals surface area contributed by atoms with E-state index in [1.54, 1.807) is 0 Å². The Kier molecular flexibility index (Phi) is 1.49. The second-order valence-electron chi connectivity index (χ2n) is 4.08. The molecule has 0 aromatic rings. The summed E-state index contributed by atoms with van der Waals surface area (Å²) in [6.45, 7) is 4.66. The predicted octanol–water partition coefficient (Wildman–Crippen LogP) is 1.26. The summed E-state index contributed by atoms with van der Waals surface area (Å²) in [5.74, 6) is -0.0850. The van der Waals surface area contributed by atoms with Gasteiger partial charge in [-0.05, 0) is 20.3 Å². The number of cyclic esters (lactones) is 1. The van der Waals surface area contributed by atoms with E-state index in [-0.39, 0.29) is 17.2 Å². The van der Waals surface area contributed by atoms with Crippen LogP contribution in [0, 0.1) is 0 Å². The standard InChI is InChI=1S/C9H14O3/c1-8(2)9(12-8)4-3-7(10)11-6-5-9/h3-6H2,1-2H3. The Morgan fingerprint density at radius 1 is 1.33 bits per heavy atom. The number of carbonyl (C=O) groups excluding carboxylic acids is 1. The molecule has 2 heterocycles.